The molecule has 0 atom stereocenters. The van der Waals surface area contributed by atoms with Gasteiger partial charge in [-0.1, -0.05) is 25.3 Å². The van der Waals surface area contributed by atoms with Gasteiger partial charge in [0.15, 0.2) is 22.5 Å². The first-order chi connectivity index (χ1) is 12.2. The molecule has 1 saturated carbocycles. The van der Waals surface area contributed by atoms with Crippen molar-refractivity contribution in [3.05, 3.63) is 40.2 Å². The number of carbonyl (C=O) groups excluding carboxylic acids is 1. The predicted octanol–water partition coefficient (Wildman–Crippen LogP) is 2.44. The van der Waals surface area contributed by atoms with Crippen LogP contribution in [0.4, 0.5) is 0 Å². The van der Waals surface area contributed by atoms with E-state index in [2.05, 4.69) is 5.32 Å². The number of benzene rings is 1. The van der Waals surface area contributed by atoms with Crippen LogP contribution in [-0.4, -0.2) is 25.6 Å². The van der Waals surface area contributed by atoms with Crippen LogP contribution in [0.2, 0.25) is 0 Å². The number of nitrogens with one attached hydrogen (secondary N) is 1. The van der Waals surface area contributed by atoms with Gasteiger partial charge in [-0.05, 0) is 30.9 Å². The molecule has 1 aliphatic carbocycles. The molecule has 1 aliphatic rings. The molecule has 25 heavy (non-hydrogen) atoms. The summed E-state index contributed by atoms with van der Waals surface area (Å²) in [6, 6.07) is 6.31. The zero-order valence-electron chi connectivity index (χ0n) is 14.3. The third-order valence-corrected chi connectivity index (χ3v) is 4.59. The van der Waals surface area contributed by atoms with Crippen LogP contribution in [0.5, 0.6) is 5.75 Å². The summed E-state index contributed by atoms with van der Waals surface area (Å²) in [4.78, 5) is 24.7. The van der Waals surface area contributed by atoms with Crippen molar-refractivity contribution in [2.45, 2.75) is 32.1 Å². The molecule has 2 aromatic rings. The van der Waals surface area contributed by atoms with E-state index < -0.39 is 0 Å². The lowest BCUT2D eigenvalue weighted by molar-refractivity contribution is 0.0916. The Morgan fingerprint density at radius 2 is 2.08 bits per heavy atom. The number of fused-ring (bicyclic) bond motifs is 1. The zero-order chi connectivity index (χ0) is 17.6. The fourth-order valence-electron chi connectivity index (χ4n) is 3.26. The average Bonchev–Trinajstić information content (AvgIpc) is 2.65. The summed E-state index contributed by atoms with van der Waals surface area (Å²) in [6.07, 6.45) is 5.98. The fraction of sp³-hybridized carbons (Fsp3) is 0.474. The Morgan fingerprint density at radius 3 is 2.84 bits per heavy atom. The monoisotopic (exact) mass is 344 g/mol. The van der Waals surface area contributed by atoms with Gasteiger partial charge in [0, 0.05) is 19.2 Å². The molecule has 1 heterocycles. The number of ether oxygens (including phenoxy) is 1. The Kier molecular flexibility index (Phi) is 5.71. The molecule has 1 amide bonds. The lowest BCUT2D eigenvalue weighted by Gasteiger charge is -2.21. The first kappa shape index (κ1) is 17.5. The first-order valence-corrected chi connectivity index (χ1v) is 8.87. The summed E-state index contributed by atoms with van der Waals surface area (Å²) in [5.41, 5.74) is 5.48. The summed E-state index contributed by atoms with van der Waals surface area (Å²) in [5, 5.41) is 3.28. The summed E-state index contributed by atoms with van der Waals surface area (Å²) in [5.74, 6) is 0.575. The zero-order valence-corrected chi connectivity index (χ0v) is 14.3. The number of hydrogen-bond donors (Lipinski definition) is 2. The highest BCUT2D eigenvalue weighted by Crippen LogP contribution is 2.25. The maximum atomic E-state index is 12.4. The quantitative estimate of drug-likeness (QED) is 0.839. The maximum absolute atomic E-state index is 12.4. The van der Waals surface area contributed by atoms with Gasteiger partial charge in [0.25, 0.3) is 5.91 Å². The molecular formula is C19H24N2O4. The maximum Gasteiger partial charge on any atom is 0.287 e. The summed E-state index contributed by atoms with van der Waals surface area (Å²) in [7, 11) is 0. The molecule has 1 aromatic carbocycles. The van der Waals surface area contributed by atoms with E-state index in [1.165, 1.54) is 25.3 Å². The van der Waals surface area contributed by atoms with E-state index in [9.17, 15) is 9.59 Å². The predicted molar refractivity (Wildman–Crippen MR) is 95.9 cm³/mol. The van der Waals surface area contributed by atoms with Gasteiger partial charge in [-0.2, -0.15) is 0 Å². The average molecular weight is 344 g/mol. The highest BCUT2D eigenvalue weighted by molar-refractivity contribution is 5.93. The molecular weight excluding hydrogens is 320 g/mol. The molecule has 0 spiro atoms. The van der Waals surface area contributed by atoms with Crippen molar-refractivity contribution in [3.8, 4) is 5.75 Å². The highest BCUT2D eigenvalue weighted by Gasteiger charge is 2.18. The molecule has 0 saturated heterocycles. The van der Waals surface area contributed by atoms with Gasteiger partial charge >= 0.3 is 0 Å². The van der Waals surface area contributed by atoms with Crippen LogP contribution >= 0.6 is 0 Å². The summed E-state index contributed by atoms with van der Waals surface area (Å²) < 4.78 is 11.2. The van der Waals surface area contributed by atoms with Crippen molar-refractivity contribution >= 4 is 16.9 Å². The van der Waals surface area contributed by atoms with E-state index in [0.717, 1.165) is 12.8 Å². The van der Waals surface area contributed by atoms with Gasteiger partial charge in [0.05, 0.1) is 5.39 Å². The Morgan fingerprint density at radius 1 is 1.28 bits per heavy atom. The fourth-order valence-corrected chi connectivity index (χ4v) is 3.26. The van der Waals surface area contributed by atoms with Crippen molar-refractivity contribution in [2.75, 3.05) is 19.7 Å². The second kappa shape index (κ2) is 8.16. The van der Waals surface area contributed by atoms with Crippen LogP contribution in [0.25, 0.3) is 11.0 Å². The first-order valence-electron chi connectivity index (χ1n) is 8.87. The van der Waals surface area contributed by atoms with Crippen molar-refractivity contribution in [1.29, 1.82) is 0 Å². The van der Waals surface area contributed by atoms with Gasteiger partial charge in [-0.15, -0.1) is 0 Å². The standard InChI is InChI=1S/C19H24N2O4/c20-9-10-24-16-8-4-7-14-15(22)11-17(25-18(14)16)19(23)21-12-13-5-2-1-3-6-13/h4,7-8,11,13H,1-3,5-6,9-10,12,20H2,(H,21,23). The number of rotatable bonds is 6. The smallest absolute Gasteiger partial charge is 0.287 e. The number of nitrogens with two attached hydrogens (primary N) is 1. The van der Waals surface area contributed by atoms with Crippen molar-refractivity contribution < 1.29 is 13.9 Å². The lowest BCUT2D eigenvalue weighted by Crippen LogP contribution is -2.30. The minimum atomic E-state index is -0.363. The second-order valence-electron chi connectivity index (χ2n) is 6.46. The lowest BCUT2D eigenvalue weighted by atomic mass is 9.89. The summed E-state index contributed by atoms with van der Waals surface area (Å²) in [6.45, 7) is 1.27. The van der Waals surface area contributed by atoms with Crippen LogP contribution < -0.4 is 21.2 Å². The van der Waals surface area contributed by atoms with E-state index in [4.69, 9.17) is 14.9 Å². The molecule has 0 unspecified atom stereocenters. The van der Waals surface area contributed by atoms with Gasteiger partial charge in [-0.25, -0.2) is 0 Å². The largest absolute Gasteiger partial charge is 0.488 e. The van der Waals surface area contributed by atoms with Crippen LogP contribution in [0.1, 0.15) is 42.7 Å². The van der Waals surface area contributed by atoms with Gasteiger partial charge in [0.1, 0.15) is 6.61 Å². The number of amides is 1. The molecule has 1 aromatic heterocycles. The Balaban J connectivity index is 1.80. The van der Waals surface area contributed by atoms with Gasteiger partial charge in [0.2, 0.25) is 0 Å². The van der Waals surface area contributed by atoms with Gasteiger partial charge in [-0.3, -0.25) is 9.59 Å². The topological polar surface area (TPSA) is 94.6 Å². The summed E-state index contributed by atoms with van der Waals surface area (Å²) >= 11 is 0. The Labute approximate surface area is 146 Å². The van der Waals surface area contributed by atoms with E-state index in [-0.39, 0.29) is 22.7 Å². The molecule has 6 heteroatoms. The van der Waals surface area contributed by atoms with Crippen LogP contribution in [0, 0.1) is 5.92 Å². The number of hydrogen-bond acceptors (Lipinski definition) is 5. The van der Waals surface area contributed by atoms with Gasteiger partial charge < -0.3 is 20.2 Å². The number of para-hydroxylation sites is 1. The van der Waals surface area contributed by atoms with Crippen LogP contribution in [0.3, 0.4) is 0 Å². The van der Waals surface area contributed by atoms with E-state index in [0.29, 0.717) is 36.8 Å². The SMILES string of the molecule is NCCOc1cccc2c(=O)cc(C(=O)NCC3CCCCC3)oc12. The Hall–Kier alpha value is -2.34. The normalized spacial score (nSPS) is 15.2. The second-order valence-corrected chi connectivity index (χ2v) is 6.46. The minimum Gasteiger partial charge on any atom is -0.488 e. The Bertz CT molecular complexity index is 794. The molecule has 3 N–H and O–H groups in total. The third-order valence-electron chi connectivity index (χ3n) is 4.59. The molecule has 3 rings (SSSR count). The van der Waals surface area contributed by atoms with Crippen molar-refractivity contribution in [2.24, 2.45) is 11.7 Å². The third kappa shape index (κ3) is 4.20. The molecule has 134 valence electrons. The van der Waals surface area contributed by atoms with E-state index in [1.54, 1.807) is 18.2 Å². The van der Waals surface area contributed by atoms with E-state index in [1.807, 2.05) is 0 Å². The molecule has 1 fully saturated rings. The molecule has 0 bridgehead atoms. The number of carbonyl (C=O) groups is 1. The van der Waals surface area contributed by atoms with Crippen LogP contribution in [-0.2, 0) is 0 Å². The van der Waals surface area contributed by atoms with Crippen molar-refractivity contribution in [3.63, 3.8) is 0 Å². The molecule has 0 radical (unpaired) electrons. The van der Waals surface area contributed by atoms with Crippen molar-refractivity contribution in [1.82, 2.24) is 5.32 Å². The van der Waals surface area contributed by atoms with E-state index >= 15 is 0 Å². The molecule has 6 nitrogen and oxygen atoms in total. The molecule has 0 aliphatic heterocycles. The minimum absolute atomic E-state index is 0.0112. The van der Waals surface area contributed by atoms with Crippen LogP contribution in [0.15, 0.2) is 33.5 Å². The highest BCUT2D eigenvalue weighted by atomic mass is 16.5.